The topological polar surface area (TPSA) is 67.1 Å². The molecule has 23 rings (SSSR count). The number of hydrogen-bond acceptors (Lipinski definition) is 4. The van der Waals surface area contributed by atoms with Gasteiger partial charge in [0.05, 0.1) is 45.0 Å². The highest BCUT2D eigenvalue weighted by Gasteiger charge is 2.53. The van der Waals surface area contributed by atoms with Crippen molar-refractivity contribution in [1.82, 2.24) is 19.9 Å². The van der Waals surface area contributed by atoms with Crippen LogP contribution in [0.2, 0.25) is 0 Å². The standard InChI is InChI=1S/C31H30FN2.C31H31N2.C30H29N2.C26H25N2/c1-19-7-13-24-25-14-8-21(3)33-30(25)31(15-5-6-16-31)29(24)28(19)27-17-20(2)26(18-34(27)4)22-9-11-23(32)12-10-22;1-20-12-14-24-25-15-13-22(3)32-30(25)31(16-8-9-17-31)29(24)28(20)27-18-21(2)26(19-33(27)4)23-10-6-5-7-11-23;1-20-11-14-24-25-15-12-21(2)31-29(25)30(17-7-8-18-30)28(24)27(20)26-16-13-23(19-32(26)3)22-9-5-4-6-10-22;1-16-10-13-19-20-14-11-17(2)27-25(20)26(3,4)24(19)23(16)22-15-12-18-8-6-7-9-21(18)28(22)5/h7-14,17-18H,5-6,15-16H2,1-4H3;5-7,10-15,18-19H,8-9,16-17H2,1-4H3;4-6,9-16,19H,7-8,17-18H2,1-3H3;6-15H,1-5H3/q4*+1. The summed E-state index contributed by atoms with van der Waals surface area (Å²) in [7, 11) is 8.69. The molecule has 8 aromatic heterocycles. The molecule has 630 valence electrons. The quantitative estimate of drug-likeness (QED) is 0.149. The lowest BCUT2D eigenvalue weighted by molar-refractivity contribution is -0.660. The Kier molecular flexibility index (Phi) is 20.7. The Morgan fingerprint density at radius 1 is 0.268 bits per heavy atom. The number of pyridine rings is 8. The molecule has 8 heterocycles. The first kappa shape index (κ1) is 82.4. The van der Waals surface area contributed by atoms with Gasteiger partial charge < -0.3 is 0 Å². The molecule has 0 unspecified atom stereocenters. The Morgan fingerprint density at radius 2 is 0.598 bits per heavy atom. The SMILES string of the molecule is Cc1ccc2c(n1)C(C)(C)c1c-2ccc(C)c1-c1ccc2ccccc2[n+]1C.Cc1ccc2c(n1)C1(CCCC1)c1c-2ccc(C)c1-c1cc(C)c(-c2ccc(F)cc2)c[n+]1C.Cc1ccc2c(n1)C1(CCCC1)c1c-2ccc(C)c1-c1cc(C)c(-c2ccccc2)c[n+]1C.Cc1ccc2c(n1)C1(CCCC1)c1c-2ccc(C)c1-c1ccc(-c2ccccc2)c[n+]1C. The summed E-state index contributed by atoms with van der Waals surface area (Å²) in [5.74, 6) is -0.205. The minimum Gasteiger partial charge on any atom is -0.257 e. The van der Waals surface area contributed by atoms with Crippen molar-refractivity contribution in [2.24, 2.45) is 28.2 Å². The maximum absolute atomic E-state index is 13.5. The van der Waals surface area contributed by atoms with Gasteiger partial charge in [0.2, 0.25) is 28.3 Å². The van der Waals surface area contributed by atoms with Gasteiger partial charge in [-0.15, -0.1) is 0 Å². The summed E-state index contributed by atoms with van der Waals surface area (Å²) in [5, 5.41) is 1.26. The van der Waals surface area contributed by atoms with Gasteiger partial charge in [-0.25, -0.2) is 18.1 Å². The van der Waals surface area contributed by atoms with Gasteiger partial charge >= 0.3 is 0 Å². The van der Waals surface area contributed by atoms with Crippen LogP contribution in [0.5, 0.6) is 0 Å². The summed E-state index contributed by atoms with van der Waals surface area (Å²) in [6, 6.07) is 86.7. The molecule has 3 fully saturated rings. The second-order valence-corrected chi connectivity index (χ2v) is 38.3. The molecule has 8 nitrogen and oxygen atoms in total. The van der Waals surface area contributed by atoms with E-state index in [1.165, 1.54) is 277 Å². The third-order valence-electron chi connectivity index (χ3n) is 29.9. The van der Waals surface area contributed by atoms with Crippen LogP contribution in [0.15, 0.2) is 261 Å². The minimum atomic E-state index is -0.205. The molecule has 16 aromatic rings. The zero-order valence-corrected chi connectivity index (χ0v) is 76.8. The molecule has 3 spiro atoms. The maximum Gasteiger partial charge on any atom is 0.213 e. The Labute approximate surface area is 749 Å². The molecule has 127 heavy (non-hydrogen) atoms. The van der Waals surface area contributed by atoms with Crippen LogP contribution in [0.25, 0.3) is 134 Å². The number of aromatic nitrogens is 8. The van der Waals surface area contributed by atoms with Gasteiger partial charge in [-0.1, -0.05) is 210 Å². The van der Waals surface area contributed by atoms with Gasteiger partial charge in [-0.05, 0) is 257 Å². The fourth-order valence-electron chi connectivity index (χ4n) is 23.8. The lowest BCUT2D eigenvalue weighted by Gasteiger charge is -2.28. The summed E-state index contributed by atoms with van der Waals surface area (Å²) in [5.41, 5.74) is 53.1. The number of nitrogens with zero attached hydrogens (tertiary/aromatic N) is 8. The summed E-state index contributed by atoms with van der Waals surface area (Å²) in [6.45, 7) is 26.5. The lowest BCUT2D eigenvalue weighted by Crippen LogP contribution is -2.33. The molecule has 7 aliphatic rings. The van der Waals surface area contributed by atoms with Gasteiger partial charge in [-0.2, -0.15) is 4.57 Å². The van der Waals surface area contributed by atoms with Crippen molar-refractivity contribution in [3.05, 3.63) is 368 Å². The van der Waals surface area contributed by atoms with E-state index < -0.39 is 0 Å². The molecule has 0 amide bonds. The zero-order chi connectivity index (χ0) is 87.9. The predicted molar refractivity (Wildman–Crippen MR) is 516 cm³/mol. The van der Waals surface area contributed by atoms with Gasteiger partial charge in [-0.3, -0.25) is 19.9 Å². The van der Waals surface area contributed by atoms with Crippen molar-refractivity contribution in [1.29, 1.82) is 0 Å². The molecule has 8 aromatic carbocycles. The number of fused-ring (bicyclic) bond motifs is 19. The van der Waals surface area contributed by atoms with Crippen LogP contribution < -0.4 is 18.3 Å². The highest BCUT2D eigenvalue weighted by Crippen LogP contribution is 2.63. The van der Waals surface area contributed by atoms with E-state index >= 15 is 0 Å². The smallest absolute Gasteiger partial charge is 0.213 e. The molecule has 9 heteroatoms. The molecule has 3 saturated carbocycles. The van der Waals surface area contributed by atoms with Crippen LogP contribution in [-0.2, 0) is 49.9 Å². The van der Waals surface area contributed by atoms with E-state index in [4.69, 9.17) is 19.9 Å². The molecule has 0 atom stereocenters. The first-order chi connectivity index (χ1) is 61.4. The van der Waals surface area contributed by atoms with E-state index in [1.54, 1.807) is 0 Å². The van der Waals surface area contributed by atoms with Crippen molar-refractivity contribution < 1.29 is 22.7 Å². The summed E-state index contributed by atoms with van der Waals surface area (Å²) in [4.78, 5) is 20.4. The molecular weight excluding hydrogens is 1550 g/mol. The maximum atomic E-state index is 13.5. The largest absolute Gasteiger partial charge is 0.257 e. The summed E-state index contributed by atoms with van der Waals surface area (Å²) >= 11 is 0. The van der Waals surface area contributed by atoms with Crippen LogP contribution >= 0.6 is 0 Å². The number of halogens is 1. The number of aryl methyl sites for hydroxylation is 14. The van der Waals surface area contributed by atoms with E-state index in [0.717, 1.165) is 46.7 Å². The second kappa shape index (κ2) is 31.9. The van der Waals surface area contributed by atoms with Gasteiger partial charge in [0.25, 0.3) is 0 Å². The first-order valence-corrected chi connectivity index (χ1v) is 46.1. The average Bonchev–Trinajstić information content (AvgIpc) is 1.55. The van der Waals surface area contributed by atoms with Crippen LogP contribution in [0.4, 0.5) is 4.39 Å². The average molecular weight is 1660 g/mol. The van der Waals surface area contributed by atoms with Crippen molar-refractivity contribution in [2.75, 3.05) is 0 Å². The van der Waals surface area contributed by atoms with Crippen molar-refractivity contribution in [3.63, 3.8) is 0 Å². The van der Waals surface area contributed by atoms with Crippen LogP contribution in [-0.4, -0.2) is 19.9 Å². The van der Waals surface area contributed by atoms with Crippen LogP contribution in [0.3, 0.4) is 0 Å². The number of hydrogen-bond donors (Lipinski definition) is 0. The predicted octanol–water partition coefficient (Wildman–Crippen LogP) is 26.5. The van der Waals surface area contributed by atoms with E-state index in [9.17, 15) is 4.39 Å². The van der Waals surface area contributed by atoms with E-state index in [1.807, 2.05) is 12.1 Å². The number of rotatable bonds is 7. The normalized spacial score (nSPS) is 15.3. The zero-order valence-electron chi connectivity index (χ0n) is 76.8. The van der Waals surface area contributed by atoms with Gasteiger partial charge in [0, 0.05) is 119 Å². The third-order valence-corrected chi connectivity index (χ3v) is 29.9. The van der Waals surface area contributed by atoms with E-state index in [2.05, 4.69) is 367 Å². The molecule has 0 radical (unpaired) electrons. The molecule has 0 N–H and O–H groups in total. The monoisotopic (exact) mass is 1660 g/mol. The van der Waals surface area contributed by atoms with Gasteiger partial charge in [0.15, 0.2) is 18.6 Å². The Balaban J connectivity index is 0.000000107. The number of para-hydroxylation sites is 1. The Bertz CT molecular complexity index is 7160. The van der Waals surface area contributed by atoms with E-state index in [-0.39, 0.29) is 27.5 Å². The Hall–Kier alpha value is -12.9. The fourth-order valence-corrected chi connectivity index (χ4v) is 23.8. The number of benzene rings is 8. The third kappa shape index (κ3) is 13.6. The van der Waals surface area contributed by atoms with Gasteiger partial charge in [0.1, 0.15) is 34.0 Å². The second-order valence-electron chi connectivity index (χ2n) is 38.3. The Morgan fingerprint density at radius 3 is 1.02 bits per heavy atom. The molecular formula is C118H115FN8+4. The molecule has 0 saturated heterocycles. The fraction of sp³-hybridized carbons (Fsp3) is 0.271. The minimum absolute atomic E-state index is 0.00851. The van der Waals surface area contributed by atoms with Crippen LogP contribution in [0.1, 0.15) is 192 Å². The van der Waals surface area contributed by atoms with Crippen molar-refractivity contribution >= 4 is 10.9 Å². The first-order valence-electron chi connectivity index (χ1n) is 46.1. The molecule has 0 aliphatic heterocycles. The van der Waals surface area contributed by atoms with E-state index in [0.29, 0.717) is 0 Å². The lowest BCUT2D eigenvalue weighted by atomic mass is 9.75. The van der Waals surface area contributed by atoms with Crippen LogP contribution in [0, 0.1) is 75.1 Å². The molecule has 7 aliphatic carbocycles. The summed E-state index contributed by atoms with van der Waals surface area (Å²) < 4.78 is 22.7. The highest BCUT2D eigenvalue weighted by atomic mass is 19.1. The molecule has 0 bridgehead atoms. The summed E-state index contributed by atoms with van der Waals surface area (Å²) in [6.07, 6.45) is 21.5. The van der Waals surface area contributed by atoms with Crippen molar-refractivity contribution in [3.8, 4) is 123 Å². The van der Waals surface area contributed by atoms with Crippen molar-refractivity contribution in [2.45, 2.75) is 182 Å². The highest BCUT2D eigenvalue weighted by molar-refractivity contribution is 5.93.